The van der Waals surface area contributed by atoms with E-state index in [2.05, 4.69) is 31.3 Å². The maximum Gasteiger partial charge on any atom is 0.283 e. The first-order chi connectivity index (χ1) is 9.56. The van der Waals surface area contributed by atoms with Crippen molar-refractivity contribution in [3.05, 3.63) is 50.5 Å². The van der Waals surface area contributed by atoms with Crippen LogP contribution in [0.5, 0.6) is 0 Å². The lowest BCUT2D eigenvalue weighted by Crippen LogP contribution is -2.17. The lowest BCUT2D eigenvalue weighted by Gasteiger charge is -2.04. The monoisotopic (exact) mass is 339 g/mol. The number of nitro benzene ring substituents is 1. The van der Waals surface area contributed by atoms with Gasteiger partial charge in [-0.3, -0.25) is 14.8 Å². The van der Waals surface area contributed by atoms with Gasteiger partial charge in [0.2, 0.25) is 0 Å². The second-order valence-electron chi connectivity index (χ2n) is 4.30. The largest absolute Gasteiger partial charge is 0.312 e. The van der Waals surface area contributed by atoms with Crippen LogP contribution >= 0.6 is 15.9 Å². The van der Waals surface area contributed by atoms with E-state index in [1.54, 1.807) is 23.1 Å². The Bertz CT molecular complexity index is 614. The van der Waals surface area contributed by atoms with Crippen LogP contribution in [0.3, 0.4) is 0 Å². The Morgan fingerprint density at radius 1 is 1.50 bits per heavy atom. The molecule has 0 saturated heterocycles. The first kappa shape index (κ1) is 14.6. The van der Waals surface area contributed by atoms with Crippen LogP contribution in [0.15, 0.2) is 29.0 Å². The highest BCUT2D eigenvalue weighted by Gasteiger charge is 2.11. The third-order valence-electron chi connectivity index (χ3n) is 2.71. The van der Waals surface area contributed by atoms with Crippen LogP contribution in [0, 0.1) is 10.1 Å². The summed E-state index contributed by atoms with van der Waals surface area (Å²) in [7, 11) is 1.82. The second kappa shape index (κ2) is 6.58. The molecule has 1 aromatic heterocycles. The number of nitrogens with one attached hydrogen (secondary N) is 1. The molecule has 0 bridgehead atoms. The van der Waals surface area contributed by atoms with E-state index in [0.29, 0.717) is 17.6 Å². The molecule has 8 heteroatoms. The Kier molecular flexibility index (Phi) is 4.80. The van der Waals surface area contributed by atoms with Gasteiger partial charge < -0.3 is 5.32 Å². The summed E-state index contributed by atoms with van der Waals surface area (Å²) in [5, 5.41) is 18.2. The van der Waals surface area contributed by atoms with Crippen LogP contribution in [0.25, 0.3) is 0 Å². The fourth-order valence-corrected chi connectivity index (χ4v) is 2.13. The minimum atomic E-state index is -0.397. The van der Waals surface area contributed by atoms with Crippen LogP contribution in [0.4, 0.5) is 5.69 Å². The Morgan fingerprint density at radius 2 is 2.30 bits per heavy atom. The molecule has 106 valence electrons. The van der Waals surface area contributed by atoms with Gasteiger partial charge in [0.05, 0.1) is 9.40 Å². The molecule has 20 heavy (non-hydrogen) atoms. The molecule has 2 aromatic rings. The predicted octanol–water partition coefficient (Wildman–Crippen LogP) is 1.82. The molecule has 2 rings (SSSR count). The minimum Gasteiger partial charge on any atom is -0.312 e. The molecule has 0 saturated carbocycles. The van der Waals surface area contributed by atoms with E-state index in [9.17, 15) is 10.1 Å². The molecule has 0 fully saturated rings. The first-order valence-electron chi connectivity index (χ1n) is 6.04. The van der Waals surface area contributed by atoms with Crippen molar-refractivity contribution in [2.75, 3.05) is 6.54 Å². The van der Waals surface area contributed by atoms with Crippen molar-refractivity contribution in [2.24, 2.45) is 7.05 Å². The minimum absolute atomic E-state index is 0.0793. The third-order valence-corrected chi connectivity index (χ3v) is 3.38. The summed E-state index contributed by atoms with van der Waals surface area (Å²) >= 11 is 3.16. The maximum absolute atomic E-state index is 10.8. The molecule has 0 radical (unpaired) electrons. The van der Waals surface area contributed by atoms with E-state index >= 15 is 0 Å². The lowest BCUT2D eigenvalue weighted by atomic mass is 10.2. The normalized spacial score (nSPS) is 10.7. The molecule has 0 aliphatic rings. The van der Waals surface area contributed by atoms with Crippen LogP contribution in [-0.4, -0.2) is 26.2 Å². The molecule has 0 atom stereocenters. The molecule has 0 unspecified atom stereocenters. The van der Waals surface area contributed by atoms with Crippen molar-refractivity contribution in [3.63, 3.8) is 0 Å². The van der Waals surface area contributed by atoms with E-state index in [-0.39, 0.29) is 5.69 Å². The quantitative estimate of drug-likeness (QED) is 0.492. The highest BCUT2D eigenvalue weighted by molar-refractivity contribution is 9.10. The zero-order valence-corrected chi connectivity index (χ0v) is 12.5. The van der Waals surface area contributed by atoms with Crippen LogP contribution in [0.2, 0.25) is 0 Å². The number of aromatic nitrogens is 3. The average molecular weight is 340 g/mol. The average Bonchev–Trinajstić information content (AvgIpc) is 2.82. The Labute approximate surface area is 124 Å². The van der Waals surface area contributed by atoms with Gasteiger partial charge >= 0.3 is 0 Å². The zero-order chi connectivity index (χ0) is 14.5. The standard InChI is InChI=1S/C12H14BrN5O2/c1-17-8-15-12(16-17)4-5-14-7-9-2-3-10(13)11(6-9)18(19)20/h2-3,6,8,14H,4-5,7H2,1H3. The van der Waals surface area contributed by atoms with E-state index in [0.717, 1.165) is 17.8 Å². The summed E-state index contributed by atoms with van der Waals surface area (Å²) in [6.45, 7) is 1.29. The number of aryl methyl sites for hydroxylation is 1. The molecule has 0 amide bonds. The van der Waals surface area contributed by atoms with Crippen molar-refractivity contribution >= 4 is 21.6 Å². The highest BCUT2D eigenvalue weighted by atomic mass is 79.9. The summed E-state index contributed by atoms with van der Waals surface area (Å²) < 4.78 is 2.15. The maximum atomic E-state index is 10.8. The van der Waals surface area contributed by atoms with Gasteiger partial charge in [-0.05, 0) is 27.6 Å². The Hall–Kier alpha value is -1.80. The molecular weight excluding hydrogens is 326 g/mol. The number of nitro groups is 1. The number of hydrogen-bond donors (Lipinski definition) is 1. The fourth-order valence-electron chi connectivity index (χ4n) is 1.74. The summed E-state index contributed by atoms with van der Waals surface area (Å²) in [4.78, 5) is 14.6. The van der Waals surface area contributed by atoms with Crippen molar-refractivity contribution < 1.29 is 4.92 Å². The fraction of sp³-hybridized carbons (Fsp3) is 0.333. The number of halogens is 1. The van der Waals surface area contributed by atoms with Gasteiger partial charge in [0.15, 0.2) is 5.82 Å². The Balaban J connectivity index is 1.85. The third kappa shape index (κ3) is 3.84. The summed E-state index contributed by atoms with van der Waals surface area (Å²) in [5.74, 6) is 0.779. The van der Waals surface area contributed by atoms with Gasteiger partial charge in [-0.15, -0.1) is 0 Å². The molecule has 1 N–H and O–H groups in total. The zero-order valence-electron chi connectivity index (χ0n) is 10.9. The summed E-state index contributed by atoms with van der Waals surface area (Å²) in [5.41, 5.74) is 0.949. The smallest absolute Gasteiger partial charge is 0.283 e. The van der Waals surface area contributed by atoms with Gasteiger partial charge in [-0.1, -0.05) is 6.07 Å². The van der Waals surface area contributed by atoms with Crippen molar-refractivity contribution in [3.8, 4) is 0 Å². The van der Waals surface area contributed by atoms with Crippen LogP contribution < -0.4 is 5.32 Å². The van der Waals surface area contributed by atoms with Crippen LogP contribution in [0.1, 0.15) is 11.4 Å². The molecule has 0 aliphatic heterocycles. The van der Waals surface area contributed by atoms with Crippen molar-refractivity contribution in [1.82, 2.24) is 20.1 Å². The molecule has 7 nitrogen and oxygen atoms in total. The number of benzene rings is 1. The van der Waals surface area contributed by atoms with Crippen molar-refractivity contribution in [1.29, 1.82) is 0 Å². The van der Waals surface area contributed by atoms with Gasteiger partial charge in [0, 0.05) is 32.6 Å². The van der Waals surface area contributed by atoms with Gasteiger partial charge in [-0.2, -0.15) is 5.10 Å². The van der Waals surface area contributed by atoms with Crippen molar-refractivity contribution in [2.45, 2.75) is 13.0 Å². The van der Waals surface area contributed by atoms with Gasteiger partial charge in [-0.25, -0.2) is 4.98 Å². The van der Waals surface area contributed by atoms with E-state index in [1.165, 1.54) is 0 Å². The molecule has 0 spiro atoms. The van der Waals surface area contributed by atoms with Gasteiger partial charge in [0.1, 0.15) is 6.33 Å². The summed E-state index contributed by atoms with van der Waals surface area (Å²) in [6.07, 6.45) is 2.38. The highest BCUT2D eigenvalue weighted by Crippen LogP contribution is 2.25. The topological polar surface area (TPSA) is 85.9 Å². The Morgan fingerprint density at radius 3 is 2.95 bits per heavy atom. The van der Waals surface area contributed by atoms with Crippen LogP contribution in [-0.2, 0) is 20.0 Å². The lowest BCUT2D eigenvalue weighted by molar-refractivity contribution is -0.385. The number of rotatable bonds is 6. The second-order valence-corrected chi connectivity index (χ2v) is 5.16. The first-order valence-corrected chi connectivity index (χ1v) is 6.83. The SMILES string of the molecule is Cn1cnc(CCNCc2ccc(Br)c([N+](=O)[O-])c2)n1. The van der Waals surface area contributed by atoms with E-state index < -0.39 is 4.92 Å². The van der Waals surface area contributed by atoms with Gasteiger partial charge in [0.25, 0.3) is 5.69 Å². The molecule has 0 aliphatic carbocycles. The van der Waals surface area contributed by atoms with E-state index in [1.807, 2.05) is 13.1 Å². The molecule has 1 heterocycles. The number of hydrogen-bond acceptors (Lipinski definition) is 5. The number of nitrogens with zero attached hydrogens (tertiary/aromatic N) is 4. The van der Waals surface area contributed by atoms with E-state index in [4.69, 9.17) is 0 Å². The predicted molar refractivity (Wildman–Crippen MR) is 77.2 cm³/mol. The summed E-state index contributed by atoms with van der Waals surface area (Å²) in [6, 6.07) is 5.11. The molecular formula is C12H14BrN5O2. The molecule has 1 aromatic carbocycles.